The van der Waals surface area contributed by atoms with Crippen LogP contribution >= 0.6 is 0 Å². The summed E-state index contributed by atoms with van der Waals surface area (Å²) < 4.78 is 5.32. The second kappa shape index (κ2) is 4.47. The number of hydrogen-bond acceptors (Lipinski definition) is 4. The molecule has 0 aliphatic carbocycles. The molecule has 0 spiro atoms. The van der Waals surface area contributed by atoms with Crippen molar-refractivity contribution in [1.82, 2.24) is 4.90 Å². The highest BCUT2D eigenvalue weighted by molar-refractivity contribution is 5.77. The van der Waals surface area contributed by atoms with Crippen LogP contribution < -0.4 is 0 Å². The van der Waals surface area contributed by atoms with Gasteiger partial charge in [-0.3, -0.25) is 4.79 Å². The van der Waals surface area contributed by atoms with E-state index in [1.54, 1.807) is 0 Å². The molecule has 0 saturated carbocycles. The summed E-state index contributed by atoms with van der Waals surface area (Å²) in [5.41, 5.74) is -0.355. The number of carbonyl (C=O) groups is 1. The van der Waals surface area contributed by atoms with E-state index < -0.39 is 12.2 Å². The van der Waals surface area contributed by atoms with Gasteiger partial charge < -0.3 is 19.8 Å². The fourth-order valence-electron chi connectivity index (χ4n) is 1.34. The first kappa shape index (κ1) is 12.4. The number of ether oxygens (including phenoxy) is 1. The van der Waals surface area contributed by atoms with Gasteiger partial charge in [0.05, 0.1) is 17.8 Å². The summed E-state index contributed by atoms with van der Waals surface area (Å²) in [4.78, 5) is 13.0. The fourth-order valence-corrected chi connectivity index (χ4v) is 1.34. The highest BCUT2D eigenvalue weighted by Gasteiger charge is 2.32. The maximum atomic E-state index is 11.6. The zero-order chi connectivity index (χ0) is 11.6. The van der Waals surface area contributed by atoms with Gasteiger partial charge in [-0.2, -0.15) is 0 Å². The lowest BCUT2D eigenvalue weighted by Gasteiger charge is -2.22. The molecule has 1 saturated heterocycles. The normalized spacial score (nSPS) is 27.1. The molecule has 1 amide bonds. The van der Waals surface area contributed by atoms with Crippen molar-refractivity contribution in [1.29, 1.82) is 0 Å². The van der Waals surface area contributed by atoms with Crippen LogP contribution in [-0.2, 0) is 9.53 Å². The number of β-amino-alcohol motifs (C(OH)–C–C–N with tert-alkyl or cyclic N) is 2. The molecule has 1 aliphatic heterocycles. The summed E-state index contributed by atoms with van der Waals surface area (Å²) in [5, 5.41) is 18.5. The number of amides is 1. The number of likely N-dealkylation sites (tertiary alicyclic amines) is 1. The maximum absolute atomic E-state index is 11.6. The molecule has 1 rings (SSSR count). The molecular weight excluding hydrogens is 198 g/mol. The van der Waals surface area contributed by atoms with Crippen LogP contribution in [0.5, 0.6) is 0 Å². The largest absolute Gasteiger partial charge is 0.388 e. The van der Waals surface area contributed by atoms with Crippen molar-refractivity contribution in [3.63, 3.8) is 0 Å². The Kier molecular flexibility index (Phi) is 3.70. The Morgan fingerprint density at radius 3 is 2.20 bits per heavy atom. The molecule has 1 fully saturated rings. The lowest BCUT2D eigenvalue weighted by Crippen LogP contribution is -2.35. The molecule has 88 valence electrons. The minimum Gasteiger partial charge on any atom is -0.388 e. The van der Waals surface area contributed by atoms with Crippen molar-refractivity contribution in [3.05, 3.63) is 0 Å². The van der Waals surface area contributed by atoms with E-state index in [9.17, 15) is 15.0 Å². The molecule has 1 aliphatic rings. The Morgan fingerprint density at radius 1 is 1.33 bits per heavy atom. The molecule has 5 nitrogen and oxygen atoms in total. The SMILES string of the molecule is CC(C)(C)OCC(=O)N1C[C@@H](O)[C@@H](O)C1. The number of carbonyl (C=O) groups excluding carboxylic acids is 1. The quantitative estimate of drug-likeness (QED) is 0.646. The van der Waals surface area contributed by atoms with Gasteiger partial charge in [-0.25, -0.2) is 0 Å². The van der Waals surface area contributed by atoms with E-state index in [0.29, 0.717) is 0 Å². The third-order valence-electron chi connectivity index (χ3n) is 2.24. The van der Waals surface area contributed by atoms with E-state index in [-0.39, 0.29) is 31.2 Å². The van der Waals surface area contributed by atoms with Crippen molar-refractivity contribution >= 4 is 5.91 Å². The summed E-state index contributed by atoms with van der Waals surface area (Å²) in [6.45, 7) is 5.97. The molecule has 0 radical (unpaired) electrons. The van der Waals surface area contributed by atoms with Crippen LogP contribution in [0, 0.1) is 0 Å². The van der Waals surface area contributed by atoms with Crippen LogP contribution in [-0.4, -0.2) is 58.5 Å². The van der Waals surface area contributed by atoms with Crippen LogP contribution in [0.4, 0.5) is 0 Å². The Bertz CT molecular complexity index is 226. The molecule has 15 heavy (non-hydrogen) atoms. The van der Waals surface area contributed by atoms with E-state index >= 15 is 0 Å². The van der Waals surface area contributed by atoms with Gasteiger partial charge in [-0.05, 0) is 20.8 Å². The van der Waals surface area contributed by atoms with Crippen molar-refractivity contribution in [3.8, 4) is 0 Å². The molecule has 0 aromatic heterocycles. The van der Waals surface area contributed by atoms with Crippen LogP contribution in [0.2, 0.25) is 0 Å². The average Bonchev–Trinajstić information content (AvgIpc) is 2.42. The molecule has 0 bridgehead atoms. The predicted octanol–water partition coefficient (Wildman–Crippen LogP) is -0.635. The van der Waals surface area contributed by atoms with Crippen molar-refractivity contribution in [2.24, 2.45) is 0 Å². The number of aliphatic hydroxyl groups is 2. The standard InChI is InChI=1S/C10H19NO4/c1-10(2,3)15-6-9(14)11-4-7(12)8(13)5-11/h7-8,12-13H,4-6H2,1-3H3/t7-,8+. The number of hydrogen-bond donors (Lipinski definition) is 2. The first-order valence-electron chi connectivity index (χ1n) is 5.07. The number of nitrogens with zero attached hydrogens (tertiary/aromatic N) is 1. The third-order valence-corrected chi connectivity index (χ3v) is 2.24. The summed E-state index contributed by atoms with van der Waals surface area (Å²) in [6, 6.07) is 0. The van der Waals surface area contributed by atoms with Gasteiger partial charge in [0, 0.05) is 13.1 Å². The Balaban J connectivity index is 2.36. The van der Waals surface area contributed by atoms with Gasteiger partial charge in [0.1, 0.15) is 6.61 Å². The van der Waals surface area contributed by atoms with Crippen molar-refractivity contribution in [2.75, 3.05) is 19.7 Å². The van der Waals surface area contributed by atoms with E-state index in [1.807, 2.05) is 20.8 Å². The monoisotopic (exact) mass is 217 g/mol. The van der Waals surface area contributed by atoms with Gasteiger partial charge in [0.15, 0.2) is 0 Å². The molecule has 0 unspecified atom stereocenters. The molecule has 2 atom stereocenters. The minimum atomic E-state index is -0.830. The summed E-state index contributed by atoms with van der Waals surface area (Å²) in [7, 11) is 0. The van der Waals surface area contributed by atoms with Crippen LogP contribution in [0.3, 0.4) is 0 Å². The number of aliphatic hydroxyl groups excluding tert-OH is 2. The van der Waals surface area contributed by atoms with Crippen LogP contribution in [0.25, 0.3) is 0 Å². The predicted molar refractivity (Wildman–Crippen MR) is 54.3 cm³/mol. The average molecular weight is 217 g/mol. The topological polar surface area (TPSA) is 70.0 Å². The van der Waals surface area contributed by atoms with Crippen LogP contribution in [0.15, 0.2) is 0 Å². The van der Waals surface area contributed by atoms with Gasteiger partial charge in [-0.15, -0.1) is 0 Å². The summed E-state index contributed by atoms with van der Waals surface area (Å²) in [6.07, 6.45) is -1.66. The second-order valence-electron chi connectivity index (χ2n) is 4.83. The molecule has 1 heterocycles. The molecule has 0 aromatic rings. The highest BCUT2D eigenvalue weighted by Crippen LogP contribution is 2.12. The van der Waals surface area contributed by atoms with E-state index in [0.717, 1.165) is 0 Å². The van der Waals surface area contributed by atoms with Gasteiger partial charge in [0.2, 0.25) is 5.91 Å². The smallest absolute Gasteiger partial charge is 0.248 e. The summed E-state index contributed by atoms with van der Waals surface area (Å²) >= 11 is 0. The van der Waals surface area contributed by atoms with Gasteiger partial charge in [-0.1, -0.05) is 0 Å². The Hall–Kier alpha value is -0.650. The number of rotatable bonds is 2. The summed E-state index contributed by atoms with van der Waals surface area (Å²) in [5.74, 6) is -0.194. The Labute approximate surface area is 89.6 Å². The first-order valence-corrected chi connectivity index (χ1v) is 5.07. The molecule has 2 N–H and O–H groups in total. The molecular formula is C10H19NO4. The van der Waals surface area contributed by atoms with Gasteiger partial charge in [0.25, 0.3) is 0 Å². The Morgan fingerprint density at radius 2 is 1.80 bits per heavy atom. The van der Waals surface area contributed by atoms with Crippen LogP contribution in [0.1, 0.15) is 20.8 Å². The lowest BCUT2D eigenvalue weighted by atomic mass is 10.2. The third kappa shape index (κ3) is 3.77. The maximum Gasteiger partial charge on any atom is 0.248 e. The van der Waals surface area contributed by atoms with Crippen molar-refractivity contribution in [2.45, 2.75) is 38.6 Å². The van der Waals surface area contributed by atoms with E-state index in [4.69, 9.17) is 4.74 Å². The molecule has 0 aromatic carbocycles. The van der Waals surface area contributed by atoms with E-state index in [2.05, 4.69) is 0 Å². The van der Waals surface area contributed by atoms with Crippen molar-refractivity contribution < 1.29 is 19.7 Å². The zero-order valence-electron chi connectivity index (χ0n) is 9.43. The lowest BCUT2D eigenvalue weighted by molar-refractivity contribution is -0.140. The van der Waals surface area contributed by atoms with Gasteiger partial charge >= 0.3 is 0 Å². The second-order valence-corrected chi connectivity index (χ2v) is 4.83. The highest BCUT2D eigenvalue weighted by atomic mass is 16.5. The molecule has 5 heteroatoms. The fraction of sp³-hybridized carbons (Fsp3) is 0.900. The minimum absolute atomic E-state index is 0.0110. The zero-order valence-corrected chi connectivity index (χ0v) is 9.43. The van der Waals surface area contributed by atoms with E-state index in [1.165, 1.54) is 4.90 Å². The first-order chi connectivity index (χ1) is 6.79.